The first kappa shape index (κ1) is 21.1. The van der Waals surface area contributed by atoms with Gasteiger partial charge in [-0.15, -0.1) is 0 Å². The minimum absolute atomic E-state index is 0.340. The van der Waals surface area contributed by atoms with E-state index >= 15 is 0 Å². The third-order valence-corrected chi connectivity index (χ3v) is 6.10. The molecule has 0 radical (unpaired) electrons. The van der Waals surface area contributed by atoms with E-state index in [4.69, 9.17) is 5.10 Å². The van der Waals surface area contributed by atoms with Crippen molar-refractivity contribution in [3.05, 3.63) is 88.8 Å². The van der Waals surface area contributed by atoms with Crippen molar-refractivity contribution in [1.82, 2.24) is 14.7 Å². The Morgan fingerprint density at radius 3 is 2.58 bits per heavy atom. The number of benzene rings is 2. The summed E-state index contributed by atoms with van der Waals surface area (Å²) >= 11 is 0. The van der Waals surface area contributed by atoms with Crippen LogP contribution in [0.1, 0.15) is 47.0 Å². The number of aryl methyl sites for hydroxylation is 1. The topological polar surface area (TPSA) is 47.4 Å². The maximum Gasteiger partial charge on any atom is 0.330 e. The van der Waals surface area contributed by atoms with Gasteiger partial charge in [-0.2, -0.15) is 5.10 Å². The Kier molecular flexibility index (Phi) is 6.33. The molecule has 0 amide bonds. The number of carbonyl (C=O) groups excluding carboxylic acids is 1. The molecule has 1 aliphatic heterocycles. The van der Waals surface area contributed by atoms with Crippen LogP contribution in [-0.2, 0) is 16.1 Å². The highest BCUT2D eigenvalue weighted by molar-refractivity contribution is 5.86. The van der Waals surface area contributed by atoms with Crippen LogP contribution in [-0.4, -0.2) is 34.3 Å². The summed E-state index contributed by atoms with van der Waals surface area (Å²) in [6.07, 6.45) is 5.58. The van der Waals surface area contributed by atoms with Crippen molar-refractivity contribution in [3.8, 4) is 5.69 Å². The summed E-state index contributed by atoms with van der Waals surface area (Å²) in [4.78, 5) is 13.9. The van der Waals surface area contributed by atoms with E-state index in [1.165, 1.54) is 36.4 Å². The molecule has 5 nitrogen and oxygen atoms in total. The third-order valence-electron chi connectivity index (χ3n) is 6.10. The summed E-state index contributed by atoms with van der Waals surface area (Å²) in [5.74, 6) is -0.340. The standard InChI is InChI=1S/C26H29N3O2/c1-19-24(20(2)29(27-19)23-8-5-4-6-9-23)18-28-17-7-10-25(28)22-14-11-21(12-15-22)13-16-26(30)31-3/h4-6,8-9,11-16,25H,7,10,17-18H2,1-3H3/b16-13+/t25-/m0/s1. The zero-order valence-electron chi connectivity index (χ0n) is 18.4. The Hall–Kier alpha value is -3.18. The number of ether oxygens (including phenoxy) is 1. The molecule has 1 aliphatic rings. The molecule has 1 aromatic heterocycles. The predicted molar refractivity (Wildman–Crippen MR) is 123 cm³/mol. The molecule has 0 spiro atoms. The van der Waals surface area contributed by atoms with Crippen molar-refractivity contribution >= 4 is 12.0 Å². The summed E-state index contributed by atoms with van der Waals surface area (Å²) < 4.78 is 6.71. The summed E-state index contributed by atoms with van der Waals surface area (Å²) in [6.45, 7) is 6.26. The molecular formula is C26H29N3O2. The maximum absolute atomic E-state index is 11.3. The molecule has 0 saturated carbocycles. The molecule has 0 unspecified atom stereocenters. The highest BCUT2D eigenvalue weighted by atomic mass is 16.5. The Morgan fingerprint density at radius 2 is 1.87 bits per heavy atom. The van der Waals surface area contributed by atoms with E-state index in [0.717, 1.165) is 36.5 Å². The fourth-order valence-electron chi connectivity index (χ4n) is 4.38. The lowest BCUT2D eigenvalue weighted by atomic mass is 10.0. The third kappa shape index (κ3) is 4.62. The molecule has 31 heavy (non-hydrogen) atoms. The van der Waals surface area contributed by atoms with Gasteiger partial charge in [0, 0.05) is 29.9 Å². The fraction of sp³-hybridized carbons (Fsp3) is 0.308. The minimum atomic E-state index is -0.340. The Labute approximate surface area is 184 Å². The highest BCUT2D eigenvalue weighted by Gasteiger charge is 2.27. The average molecular weight is 416 g/mol. The second-order valence-electron chi connectivity index (χ2n) is 8.05. The number of likely N-dealkylation sites (tertiary alicyclic amines) is 1. The van der Waals surface area contributed by atoms with Gasteiger partial charge < -0.3 is 4.74 Å². The van der Waals surface area contributed by atoms with E-state index in [1.807, 2.05) is 18.2 Å². The maximum atomic E-state index is 11.3. The number of aromatic nitrogens is 2. The summed E-state index contributed by atoms with van der Waals surface area (Å²) in [7, 11) is 1.39. The summed E-state index contributed by atoms with van der Waals surface area (Å²) in [5.41, 5.74) is 7.03. The Bertz CT molecular complexity index is 1070. The molecule has 0 N–H and O–H groups in total. The van der Waals surface area contributed by atoms with Crippen molar-refractivity contribution in [2.24, 2.45) is 0 Å². The first-order valence-electron chi connectivity index (χ1n) is 10.8. The van der Waals surface area contributed by atoms with Crippen molar-refractivity contribution in [1.29, 1.82) is 0 Å². The second kappa shape index (κ2) is 9.31. The molecule has 5 heteroatoms. The lowest BCUT2D eigenvalue weighted by Gasteiger charge is -2.25. The highest BCUT2D eigenvalue weighted by Crippen LogP contribution is 2.34. The van der Waals surface area contributed by atoms with E-state index in [0.29, 0.717) is 6.04 Å². The zero-order valence-corrected chi connectivity index (χ0v) is 18.4. The normalized spacial score (nSPS) is 16.8. The number of methoxy groups -OCH3 is 1. The molecule has 4 rings (SSSR count). The molecule has 1 atom stereocenters. The van der Waals surface area contributed by atoms with Crippen LogP contribution in [0.5, 0.6) is 0 Å². The van der Waals surface area contributed by atoms with Gasteiger partial charge in [0.2, 0.25) is 0 Å². The minimum Gasteiger partial charge on any atom is -0.466 e. The van der Waals surface area contributed by atoms with E-state index in [1.54, 1.807) is 6.08 Å². The van der Waals surface area contributed by atoms with Crippen molar-refractivity contribution in [2.45, 2.75) is 39.3 Å². The van der Waals surface area contributed by atoms with Crippen LogP contribution in [0.15, 0.2) is 60.7 Å². The van der Waals surface area contributed by atoms with Gasteiger partial charge >= 0.3 is 5.97 Å². The number of para-hydroxylation sites is 1. The monoisotopic (exact) mass is 415 g/mol. The summed E-state index contributed by atoms with van der Waals surface area (Å²) in [5, 5.41) is 4.82. The second-order valence-corrected chi connectivity index (χ2v) is 8.05. The van der Waals surface area contributed by atoms with Gasteiger partial charge in [-0.25, -0.2) is 9.48 Å². The first-order valence-corrected chi connectivity index (χ1v) is 10.8. The van der Waals surface area contributed by atoms with Gasteiger partial charge in [-0.1, -0.05) is 42.5 Å². The van der Waals surface area contributed by atoms with Crippen molar-refractivity contribution < 1.29 is 9.53 Å². The van der Waals surface area contributed by atoms with Gasteiger partial charge in [0.05, 0.1) is 18.5 Å². The number of rotatable bonds is 6. The van der Waals surface area contributed by atoms with Gasteiger partial charge in [-0.3, -0.25) is 4.90 Å². The molecule has 1 fully saturated rings. The van der Waals surface area contributed by atoms with Crippen LogP contribution < -0.4 is 0 Å². The number of hydrogen-bond acceptors (Lipinski definition) is 4. The van der Waals surface area contributed by atoms with Crippen molar-refractivity contribution in [2.75, 3.05) is 13.7 Å². The lowest BCUT2D eigenvalue weighted by Crippen LogP contribution is -2.23. The molecule has 1 saturated heterocycles. The number of hydrogen-bond donors (Lipinski definition) is 0. The number of carbonyl (C=O) groups is 1. The number of esters is 1. The van der Waals surface area contributed by atoms with E-state index < -0.39 is 0 Å². The SMILES string of the molecule is COC(=O)/C=C/c1ccc([C@@H]2CCCN2Cc2c(C)nn(-c3ccccc3)c2C)cc1. The Morgan fingerprint density at radius 1 is 1.13 bits per heavy atom. The molecule has 0 bridgehead atoms. The molecule has 3 aromatic rings. The molecule has 2 heterocycles. The fourth-order valence-corrected chi connectivity index (χ4v) is 4.38. The van der Waals surface area contributed by atoms with Gasteiger partial charge in [-0.05, 0) is 62.6 Å². The van der Waals surface area contributed by atoms with Crippen LogP contribution in [0.3, 0.4) is 0 Å². The molecule has 0 aliphatic carbocycles. The molecule has 2 aromatic carbocycles. The van der Waals surface area contributed by atoms with Gasteiger partial charge in [0.15, 0.2) is 0 Å². The quantitative estimate of drug-likeness (QED) is 0.419. The van der Waals surface area contributed by atoms with Crippen LogP contribution >= 0.6 is 0 Å². The predicted octanol–water partition coefficient (Wildman–Crippen LogP) is 5.01. The van der Waals surface area contributed by atoms with Crippen LogP contribution in [0.25, 0.3) is 11.8 Å². The van der Waals surface area contributed by atoms with Gasteiger partial charge in [0.25, 0.3) is 0 Å². The van der Waals surface area contributed by atoms with E-state index in [2.05, 4.69) is 64.6 Å². The molecular weight excluding hydrogens is 386 g/mol. The smallest absolute Gasteiger partial charge is 0.330 e. The summed E-state index contributed by atoms with van der Waals surface area (Å²) in [6, 6.07) is 19.2. The van der Waals surface area contributed by atoms with Crippen LogP contribution in [0.2, 0.25) is 0 Å². The average Bonchev–Trinajstić information content (AvgIpc) is 3.38. The first-order chi connectivity index (χ1) is 15.1. The number of nitrogens with zero attached hydrogens (tertiary/aromatic N) is 3. The largest absolute Gasteiger partial charge is 0.466 e. The molecule has 160 valence electrons. The van der Waals surface area contributed by atoms with E-state index in [-0.39, 0.29) is 5.97 Å². The van der Waals surface area contributed by atoms with Crippen LogP contribution in [0.4, 0.5) is 0 Å². The van der Waals surface area contributed by atoms with Crippen LogP contribution in [0, 0.1) is 13.8 Å². The zero-order chi connectivity index (χ0) is 21.8. The Balaban J connectivity index is 1.52. The van der Waals surface area contributed by atoms with E-state index in [9.17, 15) is 4.79 Å². The van der Waals surface area contributed by atoms with Gasteiger partial charge in [0.1, 0.15) is 0 Å². The van der Waals surface area contributed by atoms with Crippen molar-refractivity contribution in [3.63, 3.8) is 0 Å². The lowest BCUT2D eigenvalue weighted by molar-refractivity contribution is -0.134.